The van der Waals surface area contributed by atoms with Crippen LogP contribution in [0.3, 0.4) is 0 Å². The molecular weight excluding hydrogens is 266 g/mol. The molecule has 0 spiro atoms. The third kappa shape index (κ3) is 3.00. The second-order valence-electron chi connectivity index (χ2n) is 4.51. The van der Waals surface area contributed by atoms with Gasteiger partial charge in [-0.15, -0.1) is 0 Å². The maximum Gasteiger partial charge on any atom is 0.340 e. The van der Waals surface area contributed by atoms with E-state index in [0.717, 1.165) is 16.9 Å². The number of rotatable bonds is 5. The molecule has 2 aromatic carbocycles. The number of tetrazole rings is 1. The van der Waals surface area contributed by atoms with Crippen LogP contribution in [-0.2, 0) is 6.42 Å². The molecule has 0 aliphatic rings. The van der Waals surface area contributed by atoms with Crippen molar-refractivity contribution in [2.45, 2.75) is 6.42 Å². The highest BCUT2D eigenvalue weighted by Gasteiger charge is 2.09. The highest BCUT2D eigenvalue weighted by atomic mass is 16.5. The molecule has 0 aliphatic heterocycles. The second-order valence-corrected chi connectivity index (χ2v) is 4.51. The molecule has 0 aliphatic carbocycles. The highest BCUT2D eigenvalue weighted by Crippen LogP contribution is 2.14. The van der Waals surface area contributed by atoms with E-state index in [4.69, 9.17) is 10.5 Å². The van der Waals surface area contributed by atoms with E-state index in [2.05, 4.69) is 15.5 Å². The molecule has 1 aromatic heterocycles. The molecule has 106 valence electrons. The van der Waals surface area contributed by atoms with Crippen molar-refractivity contribution in [3.63, 3.8) is 0 Å². The van der Waals surface area contributed by atoms with E-state index in [1.807, 2.05) is 54.6 Å². The summed E-state index contributed by atoms with van der Waals surface area (Å²) in [6.45, 7) is 0.460. The SMILES string of the molecule is Nc1ccccc1CCOc1nnnn1-c1ccccc1. The fourth-order valence-corrected chi connectivity index (χ4v) is 2.01. The Kier molecular flexibility index (Phi) is 3.77. The third-order valence-electron chi connectivity index (χ3n) is 3.10. The minimum atomic E-state index is 0.371. The lowest BCUT2D eigenvalue weighted by molar-refractivity contribution is 0.288. The molecule has 0 saturated heterocycles. The number of hydrogen-bond donors (Lipinski definition) is 1. The van der Waals surface area contributed by atoms with Gasteiger partial charge in [-0.2, -0.15) is 4.68 Å². The number of ether oxygens (including phenoxy) is 1. The van der Waals surface area contributed by atoms with Gasteiger partial charge in [-0.05, 0) is 34.2 Å². The van der Waals surface area contributed by atoms with E-state index in [-0.39, 0.29) is 0 Å². The number of nitrogens with two attached hydrogens (primary N) is 1. The summed E-state index contributed by atoms with van der Waals surface area (Å²) < 4.78 is 7.23. The predicted octanol–water partition coefficient (Wildman–Crippen LogP) is 1.87. The van der Waals surface area contributed by atoms with Crippen LogP contribution in [0.15, 0.2) is 54.6 Å². The van der Waals surface area contributed by atoms with Gasteiger partial charge in [0.1, 0.15) is 0 Å². The van der Waals surface area contributed by atoms with Crippen LogP contribution < -0.4 is 10.5 Å². The Bertz CT molecular complexity index is 711. The first-order valence-corrected chi connectivity index (χ1v) is 6.64. The van der Waals surface area contributed by atoms with Gasteiger partial charge in [0.2, 0.25) is 0 Å². The number of nitrogen functional groups attached to an aromatic ring is 1. The second kappa shape index (κ2) is 6.04. The molecule has 1 heterocycles. The summed E-state index contributed by atoms with van der Waals surface area (Å²) in [5.41, 5.74) is 8.58. The van der Waals surface area contributed by atoms with Crippen LogP contribution in [0, 0.1) is 0 Å². The molecule has 0 unspecified atom stereocenters. The van der Waals surface area contributed by atoms with Crippen LogP contribution in [0.2, 0.25) is 0 Å². The Morgan fingerprint density at radius 3 is 2.57 bits per heavy atom. The molecule has 6 nitrogen and oxygen atoms in total. The summed E-state index contributed by atoms with van der Waals surface area (Å²) in [6, 6.07) is 17.7. The first-order chi connectivity index (χ1) is 10.3. The normalized spacial score (nSPS) is 10.5. The molecule has 0 radical (unpaired) electrons. The largest absolute Gasteiger partial charge is 0.462 e. The van der Waals surface area contributed by atoms with Crippen LogP contribution in [0.4, 0.5) is 5.69 Å². The highest BCUT2D eigenvalue weighted by molar-refractivity contribution is 5.46. The minimum Gasteiger partial charge on any atom is -0.462 e. The van der Waals surface area contributed by atoms with Gasteiger partial charge >= 0.3 is 6.01 Å². The molecule has 3 aromatic rings. The zero-order valence-electron chi connectivity index (χ0n) is 11.4. The lowest BCUT2D eigenvalue weighted by Crippen LogP contribution is -2.08. The Morgan fingerprint density at radius 1 is 1.00 bits per heavy atom. The molecular formula is C15H15N5O. The van der Waals surface area contributed by atoms with E-state index < -0.39 is 0 Å². The van der Waals surface area contributed by atoms with Crippen molar-refractivity contribution in [1.29, 1.82) is 0 Å². The monoisotopic (exact) mass is 281 g/mol. The summed E-state index contributed by atoms with van der Waals surface area (Å²) in [7, 11) is 0. The van der Waals surface area contributed by atoms with Crippen LogP contribution in [0.1, 0.15) is 5.56 Å². The topological polar surface area (TPSA) is 78.8 Å². The van der Waals surface area contributed by atoms with Crippen LogP contribution in [-0.4, -0.2) is 26.8 Å². The lowest BCUT2D eigenvalue weighted by Gasteiger charge is -2.07. The summed E-state index contributed by atoms with van der Waals surface area (Å²) in [5.74, 6) is 0. The average Bonchev–Trinajstić information content (AvgIpc) is 2.99. The van der Waals surface area contributed by atoms with Crippen molar-refractivity contribution in [1.82, 2.24) is 20.2 Å². The number of aromatic nitrogens is 4. The standard InChI is InChI=1S/C15H15N5O/c16-14-9-5-4-6-12(14)10-11-21-15-17-18-19-20(15)13-7-2-1-3-8-13/h1-9H,10-11,16H2. The van der Waals surface area contributed by atoms with Crippen molar-refractivity contribution in [2.24, 2.45) is 0 Å². The summed E-state index contributed by atoms with van der Waals surface area (Å²) in [6.07, 6.45) is 0.703. The fraction of sp³-hybridized carbons (Fsp3) is 0.133. The fourth-order valence-electron chi connectivity index (χ4n) is 2.01. The Balaban J connectivity index is 1.67. The van der Waals surface area contributed by atoms with Gasteiger partial charge in [0.25, 0.3) is 0 Å². The van der Waals surface area contributed by atoms with Gasteiger partial charge in [-0.25, -0.2) is 0 Å². The Hall–Kier alpha value is -2.89. The van der Waals surface area contributed by atoms with Gasteiger partial charge < -0.3 is 10.5 Å². The van der Waals surface area contributed by atoms with Crippen molar-refractivity contribution in [3.05, 3.63) is 60.2 Å². The number of hydrogen-bond acceptors (Lipinski definition) is 5. The predicted molar refractivity (Wildman–Crippen MR) is 79.2 cm³/mol. The van der Waals surface area contributed by atoms with Crippen molar-refractivity contribution >= 4 is 5.69 Å². The average molecular weight is 281 g/mol. The van der Waals surface area contributed by atoms with E-state index in [0.29, 0.717) is 19.0 Å². The van der Waals surface area contributed by atoms with Crippen molar-refractivity contribution in [2.75, 3.05) is 12.3 Å². The number of nitrogens with zero attached hydrogens (tertiary/aromatic N) is 4. The number of para-hydroxylation sites is 2. The van der Waals surface area contributed by atoms with E-state index in [1.165, 1.54) is 0 Å². The Morgan fingerprint density at radius 2 is 1.76 bits per heavy atom. The van der Waals surface area contributed by atoms with Gasteiger partial charge in [0, 0.05) is 12.1 Å². The van der Waals surface area contributed by atoms with E-state index >= 15 is 0 Å². The maximum atomic E-state index is 5.90. The summed E-state index contributed by atoms with van der Waals surface area (Å²) >= 11 is 0. The van der Waals surface area contributed by atoms with Crippen LogP contribution in [0.25, 0.3) is 5.69 Å². The molecule has 2 N–H and O–H groups in total. The van der Waals surface area contributed by atoms with Gasteiger partial charge in [-0.3, -0.25) is 0 Å². The summed E-state index contributed by atoms with van der Waals surface area (Å²) in [4.78, 5) is 0. The van der Waals surface area contributed by atoms with E-state index in [9.17, 15) is 0 Å². The number of anilines is 1. The lowest BCUT2D eigenvalue weighted by atomic mass is 10.1. The van der Waals surface area contributed by atoms with Gasteiger partial charge in [0.15, 0.2) is 0 Å². The zero-order chi connectivity index (χ0) is 14.5. The third-order valence-corrected chi connectivity index (χ3v) is 3.10. The minimum absolute atomic E-state index is 0.371. The molecule has 3 rings (SSSR count). The van der Waals surface area contributed by atoms with E-state index in [1.54, 1.807) is 4.68 Å². The Labute approximate surface area is 122 Å². The first kappa shape index (κ1) is 13.1. The quantitative estimate of drug-likeness (QED) is 0.722. The van der Waals surface area contributed by atoms with Crippen LogP contribution in [0.5, 0.6) is 6.01 Å². The molecule has 0 fully saturated rings. The molecule has 6 heteroatoms. The van der Waals surface area contributed by atoms with Crippen molar-refractivity contribution in [3.8, 4) is 11.7 Å². The maximum absolute atomic E-state index is 5.90. The number of benzene rings is 2. The van der Waals surface area contributed by atoms with Gasteiger partial charge in [0.05, 0.1) is 12.3 Å². The first-order valence-electron chi connectivity index (χ1n) is 6.64. The summed E-state index contributed by atoms with van der Waals surface area (Å²) in [5, 5.41) is 11.5. The van der Waals surface area contributed by atoms with Crippen molar-refractivity contribution < 1.29 is 4.74 Å². The van der Waals surface area contributed by atoms with Crippen LogP contribution >= 0.6 is 0 Å². The molecule has 0 atom stereocenters. The smallest absolute Gasteiger partial charge is 0.340 e. The molecule has 21 heavy (non-hydrogen) atoms. The zero-order valence-corrected chi connectivity index (χ0v) is 11.4. The molecule has 0 saturated carbocycles. The molecule has 0 bridgehead atoms. The van der Waals surface area contributed by atoms with Gasteiger partial charge in [-0.1, -0.05) is 41.5 Å². The molecule has 0 amide bonds.